The summed E-state index contributed by atoms with van der Waals surface area (Å²) in [6.45, 7) is 5.44. The van der Waals surface area contributed by atoms with E-state index < -0.39 is 0 Å². The molecular weight excluding hydrogens is 281 g/mol. The fourth-order valence-corrected chi connectivity index (χ4v) is 1.68. The van der Waals surface area contributed by atoms with Crippen molar-refractivity contribution >= 4 is 46.2 Å². The Balaban J connectivity index is 3.42. The Morgan fingerprint density at radius 1 is 1.47 bits per heavy atom. The summed E-state index contributed by atoms with van der Waals surface area (Å²) in [5.41, 5.74) is 6.83. The number of rotatable bonds is 3. The molecule has 1 heterocycles. The second-order valence-corrected chi connectivity index (χ2v) is 4.13. The van der Waals surface area contributed by atoms with Crippen molar-refractivity contribution in [2.24, 2.45) is 0 Å². The van der Waals surface area contributed by atoms with Crippen LogP contribution in [0.1, 0.15) is 12.5 Å². The molecule has 1 rings (SSSR count). The van der Waals surface area contributed by atoms with Gasteiger partial charge in [-0.15, -0.1) is 0 Å². The van der Waals surface area contributed by atoms with E-state index in [2.05, 4.69) is 16.5 Å². The third kappa shape index (κ3) is 3.22. The van der Waals surface area contributed by atoms with Gasteiger partial charge >= 0.3 is 0 Å². The van der Waals surface area contributed by atoms with Gasteiger partial charge in [0.2, 0.25) is 5.28 Å². The first kappa shape index (κ1) is 14.0. The molecule has 17 heavy (non-hydrogen) atoms. The van der Waals surface area contributed by atoms with E-state index in [1.165, 1.54) is 12.3 Å². The number of nitrogen functional groups attached to an aromatic ring is 1. The first-order valence-corrected chi connectivity index (χ1v) is 5.77. The van der Waals surface area contributed by atoms with Gasteiger partial charge in [-0.05, 0) is 18.5 Å². The maximum atomic E-state index is 6.11. The van der Waals surface area contributed by atoms with Crippen molar-refractivity contribution in [2.45, 2.75) is 6.92 Å². The summed E-state index contributed by atoms with van der Waals surface area (Å²) in [6, 6.07) is 0. The molecule has 2 N–H and O–H groups in total. The van der Waals surface area contributed by atoms with E-state index in [4.69, 9.17) is 40.5 Å². The topological polar surface area (TPSA) is 51.8 Å². The molecule has 0 aliphatic heterocycles. The predicted molar refractivity (Wildman–Crippen MR) is 74.0 cm³/mol. The maximum Gasteiger partial charge on any atom is 0.224 e. The monoisotopic (exact) mass is 289 g/mol. The third-order valence-corrected chi connectivity index (χ3v) is 3.08. The van der Waals surface area contributed by atoms with Crippen LogP contribution in [0.15, 0.2) is 35.0 Å². The van der Waals surface area contributed by atoms with Crippen LogP contribution in [0.25, 0.3) is 5.57 Å². The van der Waals surface area contributed by atoms with E-state index >= 15 is 0 Å². The fraction of sp³-hybridized carbons (Fsp3) is 0.0909. The summed E-state index contributed by atoms with van der Waals surface area (Å²) in [5, 5.41) is 0.806. The van der Waals surface area contributed by atoms with Crippen LogP contribution in [-0.4, -0.2) is 9.97 Å². The van der Waals surface area contributed by atoms with Gasteiger partial charge in [-0.3, -0.25) is 0 Å². The maximum absolute atomic E-state index is 6.11. The normalized spacial score (nSPS) is 13.3. The summed E-state index contributed by atoms with van der Waals surface area (Å²) >= 11 is 17.7. The molecule has 1 aromatic heterocycles. The average Bonchev–Trinajstić information content (AvgIpc) is 2.31. The molecule has 0 saturated carbocycles. The van der Waals surface area contributed by atoms with Gasteiger partial charge in [-0.2, -0.15) is 0 Å². The van der Waals surface area contributed by atoms with Crippen LogP contribution in [0.5, 0.6) is 0 Å². The lowest BCUT2D eigenvalue weighted by Gasteiger charge is -2.08. The lowest BCUT2D eigenvalue weighted by Crippen LogP contribution is -1.99. The molecule has 0 bridgehead atoms. The number of hydrogen-bond donors (Lipinski definition) is 1. The SMILES string of the molecule is C=C/C(=C(Cl)\C(Cl)=C/C)c1cnc(Cl)nc1N. The number of halogens is 3. The second-order valence-electron chi connectivity index (χ2n) is 3.01. The molecular formula is C11H10Cl3N3. The minimum absolute atomic E-state index is 0.0721. The Morgan fingerprint density at radius 2 is 2.12 bits per heavy atom. The van der Waals surface area contributed by atoms with E-state index in [9.17, 15) is 0 Å². The van der Waals surface area contributed by atoms with Crippen LogP contribution < -0.4 is 5.73 Å². The van der Waals surface area contributed by atoms with Crippen LogP contribution in [0.2, 0.25) is 5.28 Å². The van der Waals surface area contributed by atoms with Gasteiger partial charge in [0.25, 0.3) is 0 Å². The molecule has 0 aliphatic rings. The zero-order chi connectivity index (χ0) is 13.0. The first-order chi connectivity index (χ1) is 8.01. The van der Waals surface area contributed by atoms with Crippen molar-refractivity contribution in [2.75, 3.05) is 5.73 Å². The molecule has 6 heteroatoms. The molecule has 0 spiro atoms. The summed E-state index contributed by atoms with van der Waals surface area (Å²) < 4.78 is 0. The quantitative estimate of drug-likeness (QED) is 0.676. The summed E-state index contributed by atoms with van der Waals surface area (Å²) in [7, 11) is 0. The van der Waals surface area contributed by atoms with Crippen molar-refractivity contribution in [3.8, 4) is 0 Å². The minimum atomic E-state index is 0.0721. The van der Waals surface area contributed by atoms with Gasteiger partial charge in [-0.1, -0.05) is 41.9 Å². The number of allylic oxidation sites excluding steroid dienone is 5. The standard InChI is InChI=1S/C11H10Cl3N3/c1-3-6(9(13)8(12)4-2)7-5-16-11(14)17-10(7)15/h3-5H,1H2,2H3,(H2,15,16,17)/b8-4+,9-6-. The highest BCUT2D eigenvalue weighted by Gasteiger charge is 2.12. The number of nitrogens with two attached hydrogens (primary N) is 1. The molecule has 0 fully saturated rings. The van der Waals surface area contributed by atoms with E-state index in [-0.39, 0.29) is 11.1 Å². The van der Waals surface area contributed by atoms with Crippen LogP contribution in [-0.2, 0) is 0 Å². The highest BCUT2D eigenvalue weighted by molar-refractivity contribution is 6.46. The molecule has 0 radical (unpaired) electrons. The Bertz CT molecular complexity index is 507. The second kappa shape index (κ2) is 6.05. The van der Waals surface area contributed by atoms with E-state index in [0.29, 0.717) is 21.2 Å². The van der Waals surface area contributed by atoms with E-state index in [0.717, 1.165) is 0 Å². The van der Waals surface area contributed by atoms with Gasteiger partial charge in [-0.25, -0.2) is 9.97 Å². The van der Waals surface area contributed by atoms with Crippen LogP contribution in [0.4, 0.5) is 5.82 Å². The van der Waals surface area contributed by atoms with Crippen molar-refractivity contribution in [1.82, 2.24) is 9.97 Å². The lowest BCUT2D eigenvalue weighted by atomic mass is 10.1. The Labute approximate surface area is 115 Å². The third-order valence-electron chi connectivity index (χ3n) is 1.98. The predicted octanol–water partition coefficient (Wildman–Crippen LogP) is 3.99. The molecule has 3 nitrogen and oxygen atoms in total. The van der Waals surface area contributed by atoms with Gasteiger partial charge in [0.1, 0.15) is 5.82 Å². The van der Waals surface area contributed by atoms with Gasteiger partial charge in [0.05, 0.1) is 10.1 Å². The number of anilines is 1. The Hall–Kier alpha value is -1.03. The van der Waals surface area contributed by atoms with Crippen molar-refractivity contribution in [3.05, 3.63) is 45.8 Å². The summed E-state index contributed by atoms with van der Waals surface area (Å²) in [4.78, 5) is 7.69. The molecule has 0 atom stereocenters. The van der Waals surface area contributed by atoms with E-state index in [1.54, 1.807) is 13.0 Å². The van der Waals surface area contributed by atoms with Gasteiger partial charge in [0.15, 0.2) is 0 Å². The Morgan fingerprint density at radius 3 is 2.59 bits per heavy atom. The summed E-state index contributed by atoms with van der Waals surface area (Å²) in [5.74, 6) is 0.221. The lowest BCUT2D eigenvalue weighted by molar-refractivity contribution is 1.16. The Kier molecular flexibility index (Phi) is 5.00. The molecule has 0 aromatic carbocycles. The van der Waals surface area contributed by atoms with Crippen LogP contribution in [0, 0.1) is 0 Å². The zero-order valence-electron chi connectivity index (χ0n) is 9.04. The minimum Gasteiger partial charge on any atom is -0.383 e. The van der Waals surface area contributed by atoms with Gasteiger partial charge in [0, 0.05) is 17.3 Å². The van der Waals surface area contributed by atoms with Crippen molar-refractivity contribution in [3.63, 3.8) is 0 Å². The van der Waals surface area contributed by atoms with E-state index in [1.807, 2.05) is 0 Å². The molecule has 0 unspecified atom stereocenters. The largest absolute Gasteiger partial charge is 0.383 e. The zero-order valence-corrected chi connectivity index (χ0v) is 11.3. The first-order valence-electron chi connectivity index (χ1n) is 4.64. The number of aromatic nitrogens is 2. The molecule has 0 saturated heterocycles. The number of hydrogen-bond acceptors (Lipinski definition) is 3. The van der Waals surface area contributed by atoms with Crippen molar-refractivity contribution in [1.29, 1.82) is 0 Å². The highest BCUT2D eigenvalue weighted by Crippen LogP contribution is 2.31. The molecule has 90 valence electrons. The average molecular weight is 291 g/mol. The summed E-state index contributed by atoms with van der Waals surface area (Å²) in [6.07, 6.45) is 4.68. The molecule has 1 aromatic rings. The van der Waals surface area contributed by atoms with Crippen LogP contribution >= 0.6 is 34.8 Å². The van der Waals surface area contributed by atoms with Crippen molar-refractivity contribution < 1.29 is 0 Å². The van der Waals surface area contributed by atoms with Gasteiger partial charge < -0.3 is 5.73 Å². The van der Waals surface area contributed by atoms with Crippen LogP contribution in [0.3, 0.4) is 0 Å². The number of nitrogens with zero attached hydrogens (tertiary/aromatic N) is 2. The molecule has 0 aliphatic carbocycles. The fourth-order valence-electron chi connectivity index (χ4n) is 1.15. The smallest absolute Gasteiger partial charge is 0.224 e. The molecule has 0 amide bonds. The highest BCUT2D eigenvalue weighted by atomic mass is 35.5.